The first-order valence-electron chi connectivity index (χ1n) is 18.6. The summed E-state index contributed by atoms with van der Waals surface area (Å²) in [6, 6.07) is 12.2. The van der Waals surface area contributed by atoms with Crippen LogP contribution in [0.15, 0.2) is 52.4 Å². The fraction of sp³-hybridized carbons (Fsp3) is 0.385. The number of nitrogens with zero attached hydrogens (tertiary/aromatic N) is 10. The summed E-state index contributed by atoms with van der Waals surface area (Å²) in [7, 11) is 3.64. The smallest absolute Gasteiger partial charge is 0.298 e. The molecule has 0 unspecified atom stereocenters. The van der Waals surface area contributed by atoms with E-state index in [4.69, 9.17) is 21.6 Å². The van der Waals surface area contributed by atoms with Gasteiger partial charge in [0.15, 0.2) is 0 Å². The normalized spacial score (nSPS) is 18.6. The van der Waals surface area contributed by atoms with Crippen LogP contribution in [0.2, 0.25) is 0 Å². The van der Waals surface area contributed by atoms with Gasteiger partial charge in [0.2, 0.25) is 23.7 Å². The minimum Gasteiger partial charge on any atom is -0.366 e. The van der Waals surface area contributed by atoms with E-state index in [1.165, 1.54) is 0 Å². The van der Waals surface area contributed by atoms with E-state index in [-0.39, 0.29) is 5.91 Å². The quantitative estimate of drug-likeness (QED) is 0.309. The van der Waals surface area contributed by atoms with Crippen molar-refractivity contribution in [2.45, 2.75) is 72.4 Å². The standard InChI is InChI=1S/C39H46N12O4/c1-6-50-33-27(24(3)45-50)12-8-7-9-19-51-32(20-23(2)44-51)36(54)42-38-46(4)30-21-25(34(40)52)13-15-28(30)48(38)17-10-11-18-49-29-16-14-26(35(41)53)22-31(29)47(5)39(49)43-37(33)55/h13-16,20-22H,6-12,17-19H2,1-5H3,(H2,40,52)(H2,41,53)/b42-38+,43-39+. The van der Waals surface area contributed by atoms with Crippen molar-refractivity contribution >= 4 is 58.3 Å². The number of rotatable bonds is 3. The second-order valence-corrected chi connectivity index (χ2v) is 14.1. The van der Waals surface area contributed by atoms with Crippen LogP contribution < -0.4 is 31.1 Å². The van der Waals surface area contributed by atoms with Crippen molar-refractivity contribution in [3.8, 4) is 0 Å². The van der Waals surface area contributed by atoms with Gasteiger partial charge in [-0.25, -0.2) is 0 Å². The van der Waals surface area contributed by atoms with Gasteiger partial charge in [0.05, 0.1) is 34.1 Å². The van der Waals surface area contributed by atoms with Gasteiger partial charge in [-0.15, -0.1) is 0 Å². The molecule has 3 aliphatic rings. The lowest BCUT2D eigenvalue weighted by Gasteiger charge is -2.23. The Hall–Kier alpha value is -6.32. The van der Waals surface area contributed by atoms with Gasteiger partial charge < -0.3 is 31.1 Å². The zero-order valence-corrected chi connectivity index (χ0v) is 31.9. The topological polar surface area (TPSA) is 194 Å². The Labute approximate surface area is 319 Å². The van der Waals surface area contributed by atoms with Crippen molar-refractivity contribution in [1.29, 1.82) is 0 Å². The van der Waals surface area contributed by atoms with Crippen LogP contribution >= 0.6 is 0 Å². The molecule has 0 saturated heterocycles. The van der Waals surface area contributed by atoms with Gasteiger partial charge in [-0.2, -0.15) is 20.2 Å². The van der Waals surface area contributed by atoms with Gasteiger partial charge >= 0.3 is 0 Å². The number of amides is 4. The summed E-state index contributed by atoms with van der Waals surface area (Å²) in [5.41, 5.74) is 18.2. The summed E-state index contributed by atoms with van der Waals surface area (Å²) in [4.78, 5) is 69.5. The molecule has 0 fully saturated rings. The Kier molecular flexibility index (Phi) is 9.99. The fourth-order valence-corrected chi connectivity index (χ4v) is 7.70. The molecule has 0 saturated carbocycles. The predicted molar refractivity (Wildman–Crippen MR) is 211 cm³/mol. The van der Waals surface area contributed by atoms with Gasteiger partial charge in [0, 0.05) is 57.0 Å². The van der Waals surface area contributed by atoms with Crippen LogP contribution in [-0.2, 0) is 19.5 Å². The summed E-state index contributed by atoms with van der Waals surface area (Å²) in [5.74, 6) is -1.05. The van der Waals surface area contributed by atoms with E-state index in [0.717, 1.165) is 47.6 Å². The fourth-order valence-electron chi connectivity index (χ4n) is 7.70. The molecule has 4 amide bonds. The first-order chi connectivity index (χ1) is 26.4. The molecular weight excluding hydrogens is 701 g/mol. The highest BCUT2D eigenvalue weighted by Crippen LogP contribution is 2.39. The number of hydrogen-bond donors (Lipinski definition) is 2. The number of guanidine groups is 2. The molecule has 16 nitrogen and oxygen atoms in total. The molecule has 0 aliphatic carbocycles. The number of fused-ring (bicyclic) bond motifs is 8. The maximum Gasteiger partial charge on any atom is 0.298 e. The highest BCUT2D eigenvalue weighted by Gasteiger charge is 2.35. The van der Waals surface area contributed by atoms with E-state index in [2.05, 4.69) is 10.1 Å². The predicted octanol–water partition coefficient (Wildman–Crippen LogP) is 4.03. The van der Waals surface area contributed by atoms with Gasteiger partial charge in [-0.1, -0.05) is 6.42 Å². The number of nitrogens with two attached hydrogens (primary N) is 2. The maximum atomic E-state index is 14.3. The lowest BCUT2D eigenvalue weighted by molar-refractivity contribution is 0.0983. The van der Waals surface area contributed by atoms with Crippen molar-refractivity contribution in [1.82, 2.24) is 19.6 Å². The van der Waals surface area contributed by atoms with Crippen molar-refractivity contribution in [2.75, 3.05) is 46.8 Å². The number of carbonyl (C=O) groups excluding carboxylic acids is 4. The Morgan fingerprint density at radius 1 is 0.691 bits per heavy atom. The van der Waals surface area contributed by atoms with Crippen molar-refractivity contribution < 1.29 is 19.2 Å². The second-order valence-electron chi connectivity index (χ2n) is 14.1. The van der Waals surface area contributed by atoms with Gasteiger partial charge in [0.25, 0.3) is 11.8 Å². The molecule has 4 N–H and O–H groups in total. The molecule has 0 radical (unpaired) electrons. The van der Waals surface area contributed by atoms with Crippen LogP contribution in [0.5, 0.6) is 0 Å². The van der Waals surface area contributed by atoms with Crippen LogP contribution in [0.3, 0.4) is 0 Å². The second kappa shape index (κ2) is 14.8. The Bertz CT molecular complexity index is 2280. The highest BCUT2D eigenvalue weighted by molar-refractivity contribution is 6.21. The van der Waals surface area contributed by atoms with Crippen LogP contribution in [0, 0.1) is 13.8 Å². The van der Waals surface area contributed by atoms with Crippen LogP contribution in [0.4, 0.5) is 22.7 Å². The van der Waals surface area contributed by atoms with Crippen molar-refractivity contribution in [3.63, 3.8) is 0 Å². The molecule has 4 aromatic rings. The molecule has 0 atom stereocenters. The van der Waals surface area contributed by atoms with E-state index in [1.54, 1.807) is 44.6 Å². The third kappa shape index (κ3) is 6.83. The summed E-state index contributed by atoms with van der Waals surface area (Å²) in [6.07, 6.45) is 4.30. The van der Waals surface area contributed by atoms with Crippen molar-refractivity contribution in [3.05, 3.63) is 81.9 Å². The van der Waals surface area contributed by atoms with Crippen molar-refractivity contribution in [2.24, 2.45) is 21.5 Å². The van der Waals surface area contributed by atoms with Gasteiger partial charge in [-0.3, -0.25) is 28.5 Å². The third-order valence-electron chi connectivity index (χ3n) is 10.5. The number of aryl methyl sites for hydroxylation is 4. The van der Waals surface area contributed by atoms with E-state index in [1.807, 2.05) is 61.7 Å². The Morgan fingerprint density at radius 2 is 1.24 bits per heavy atom. The van der Waals surface area contributed by atoms with E-state index >= 15 is 0 Å². The molecular formula is C39H46N12O4. The summed E-state index contributed by atoms with van der Waals surface area (Å²) < 4.78 is 3.45. The van der Waals surface area contributed by atoms with E-state index in [0.29, 0.717) is 91.3 Å². The molecule has 0 bridgehead atoms. The minimum atomic E-state index is -0.552. The zero-order chi connectivity index (χ0) is 39.1. The average molecular weight is 747 g/mol. The SMILES string of the molecule is CCn1nc(C)c2c1C(=O)/N=C1\N(C)c3cc(C(N)=O)ccc3N1CCCCN1/C(=N/C(=O)c3cc(C)nn3CCCCC2)N(C)c2cc(C(N)=O)ccc21. The largest absolute Gasteiger partial charge is 0.366 e. The summed E-state index contributed by atoms with van der Waals surface area (Å²) in [5, 5.41) is 9.33. The Balaban J connectivity index is 1.28. The number of aliphatic imine (C=N–C) groups is 2. The minimum absolute atomic E-state index is 0.349. The van der Waals surface area contributed by atoms with Crippen LogP contribution in [0.25, 0.3) is 0 Å². The molecule has 16 heteroatoms. The third-order valence-corrected chi connectivity index (χ3v) is 10.5. The molecule has 55 heavy (non-hydrogen) atoms. The molecule has 286 valence electrons. The number of anilines is 4. The van der Waals surface area contributed by atoms with Gasteiger partial charge in [0.1, 0.15) is 11.4 Å². The molecule has 5 heterocycles. The molecule has 2 aromatic carbocycles. The lowest BCUT2D eigenvalue weighted by atomic mass is 10.0. The molecule has 0 spiro atoms. The molecule has 2 aromatic heterocycles. The average Bonchev–Trinajstić information content (AvgIpc) is 3.85. The highest BCUT2D eigenvalue weighted by atomic mass is 16.2. The summed E-state index contributed by atoms with van der Waals surface area (Å²) in [6.45, 7) is 7.73. The number of benzene rings is 2. The van der Waals surface area contributed by atoms with E-state index < -0.39 is 17.7 Å². The van der Waals surface area contributed by atoms with Gasteiger partial charge in [-0.05, 0) is 95.3 Å². The maximum absolute atomic E-state index is 14.3. The summed E-state index contributed by atoms with van der Waals surface area (Å²) >= 11 is 0. The number of hydrogen-bond acceptors (Lipinski definition) is 10. The van der Waals surface area contributed by atoms with Crippen LogP contribution in [0.1, 0.15) is 97.7 Å². The van der Waals surface area contributed by atoms with E-state index in [9.17, 15) is 19.2 Å². The molecule has 3 aliphatic heterocycles. The first-order valence-corrected chi connectivity index (χ1v) is 18.6. The molecule has 7 rings (SSSR count). The first kappa shape index (κ1) is 37.0. The lowest BCUT2D eigenvalue weighted by Crippen LogP contribution is -2.39. The number of primary amides is 2. The zero-order valence-electron chi connectivity index (χ0n) is 31.9. The monoisotopic (exact) mass is 746 g/mol. The Morgan fingerprint density at radius 3 is 1.78 bits per heavy atom. The van der Waals surface area contributed by atoms with Crippen LogP contribution in [-0.4, -0.2) is 82.3 Å². The number of aromatic nitrogens is 4. The number of carbonyl (C=O) groups is 4.